The summed E-state index contributed by atoms with van der Waals surface area (Å²) in [6.45, 7) is 0.630. The van der Waals surface area contributed by atoms with Crippen LogP contribution in [0.1, 0.15) is 25.7 Å². The molecule has 0 bridgehead atoms. The molecule has 1 fully saturated rings. The molecule has 1 aromatic carbocycles. The van der Waals surface area contributed by atoms with Crippen molar-refractivity contribution >= 4 is 31.6 Å². The predicted molar refractivity (Wildman–Crippen MR) is 81.8 cm³/mol. The first-order valence-corrected chi connectivity index (χ1v) is 8.88. The van der Waals surface area contributed by atoms with Gasteiger partial charge in [0.05, 0.1) is 4.90 Å². The highest BCUT2D eigenvalue weighted by Crippen LogP contribution is 2.32. The molecule has 5 nitrogen and oxygen atoms in total. The summed E-state index contributed by atoms with van der Waals surface area (Å²) in [5.41, 5.74) is 6.17. The Morgan fingerprint density at radius 1 is 1.45 bits per heavy atom. The van der Waals surface area contributed by atoms with E-state index in [0.717, 1.165) is 12.8 Å². The molecule has 1 unspecified atom stereocenters. The second kappa shape index (κ2) is 6.43. The van der Waals surface area contributed by atoms with Crippen molar-refractivity contribution in [3.05, 3.63) is 22.7 Å². The van der Waals surface area contributed by atoms with Crippen LogP contribution in [0.2, 0.25) is 0 Å². The quantitative estimate of drug-likeness (QED) is 0.784. The maximum Gasteiger partial charge on any atom is 0.244 e. The van der Waals surface area contributed by atoms with Crippen LogP contribution in [-0.2, 0) is 10.0 Å². The van der Waals surface area contributed by atoms with Crippen molar-refractivity contribution in [3.8, 4) is 0 Å². The lowest BCUT2D eigenvalue weighted by molar-refractivity contribution is 0.264. The summed E-state index contributed by atoms with van der Waals surface area (Å²) in [5.74, 6) is 0. The standard InChI is InChI=1S/C13H19BrN2O3S/c14-12-9-10(15)5-6-13(12)20(18,19)16-7-1-3-11(16)4-2-8-17/h5-6,9,11,17H,1-4,7-8,15H2. The van der Waals surface area contributed by atoms with Crippen LogP contribution in [0, 0.1) is 0 Å². The predicted octanol–water partition coefficient (Wildman–Crippen LogP) is 1.96. The van der Waals surface area contributed by atoms with Crippen molar-refractivity contribution in [3.63, 3.8) is 0 Å². The van der Waals surface area contributed by atoms with Crippen LogP contribution in [0.15, 0.2) is 27.6 Å². The number of benzene rings is 1. The van der Waals surface area contributed by atoms with Gasteiger partial charge < -0.3 is 10.8 Å². The van der Waals surface area contributed by atoms with E-state index < -0.39 is 10.0 Å². The molecule has 0 aliphatic carbocycles. The Hall–Kier alpha value is -0.630. The van der Waals surface area contributed by atoms with Crippen LogP contribution < -0.4 is 5.73 Å². The molecule has 1 aliphatic heterocycles. The molecule has 20 heavy (non-hydrogen) atoms. The summed E-state index contributed by atoms with van der Waals surface area (Å²) in [6, 6.07) is 4.72. The summed E-state index contributed by atoms with van der Waals surface area (Å²) < 4.78 is 27.5. The zero-order valence-electron chi connectivity index (χ0n) is 11.1. The molecule has 0 amide bonds. The minimum atomic E-state index is -3.52. The fourth-order valence-corrected chi connectivity index (χ4v) is 5.37. The maximum atomic E-state index is 12.7. The van der Waals surface area contributed by atoms with E-state index >= 15 is 0 Å². The Morgan fingerprint density at radius 3 is 2.85 bits per heavy atom. The average Bonchev–Trinajstić information content (AvgIpc) is 2.84. The van der Waals surface area contributed by atoms with Crippen molar-refractivity contribution in [2.45, 2.75) is 36.6 Å². The molecule has 1 aromatic rings. The first-order valence-electron chi connectivity index (χ1n) is 6.64. The van der Waals surface area contributed by atoms with Crippen LogP contribution in [0.3, 0.4) is 0 Å². The van der Waals surface area contributed by atoms with Gasteiger partial charge in [-0.15, -0.1) is 0 Å². The zero-order valence-corrected chi connectivity index (χ0v) is 13.5. The van der Waals surface area contributed by atoms with Gasteiger partial charge >= 0.3 is 0 Å². The lowest BCUT2D eigenvalue weighted by Gasteiger charge is -2.24. The Balaban J connectivity index is 2.29. The van der Waals surface area contributed by atoms with Gasteiger partial charge in [-0.05, 0) is 59.8 Å². The Bertz CT molecular complexity index is 577. The summed E-state index contributed by atoms with van der Waals surface area (Å²) in [5, 5.41) is 8.92. The second-order valence-corrected chi connectivity index (χ2v) is 7.68. The number of nitrogens with two attached hydrogens (primary N) is 1. The van der Waals surface area contributed by atoms with Crippen LogP contribution in [0.4, 0.5) is 5.69 Å². The van der Waals surface area contributed by atoms with E-state index in [1.54, 1.807) is 16.4 Å². The molecule has 112 valence electrons. The number of nitrogen functional groups attached to an aromatic ring is 1. The van der Waals surface area contributed by atoms with Gasteiger partial charge in [0.15, 0.2) is 0 Å². The van der Waals surface area contributed by atoms with Gasteiger partial charge in [0.25, 0.3) is 0 Å². The first kappa shape index (κ1) is 15.8. The zero-order chi connectivity index (χ0) is 14.8. The smallest absolute Gasteiger partial charge is 0.244 e. The van der Waals surface area contributed by atoms with Gasteiger partial charge in [-0.3, -0.25) is 0 Å². The maximum absolute atomic E-state index is 12.7. The third-order valence-electron chi connectivity index (χ3n) is 3.56. The van der Waals surface area contributed by atoms with E-state index in [9.17, 15) is 8.42 Å². The summed E-state index contributed by atoms with van der Waals surface area (Å²) in [4.78, 5) is 0.252. The number of halogens is 1. The van der Waals surface area contributed by atoms with Gasteiger partial charge in [-0.25, -0.2) is 8.42 Å². The van der Waals surface area contributed by atoms with Crippen molar-refractivity contribution < 1.29 is 13.5 Å². The molecule has 0 aromatic heterocycles. The van der Waals surface area contributed by atoms with Crippen molar-refractivity contribution in [1.82, 2.24) is 4.31 Å². The van der Waals surface area contributed by atoms with Gasteiger partial charge in [0, 0.05) is 29.4 Å². The molecule has 1 saturated heterocycles. The molecule has 0 saturated carbocycles. The van der Waals surface area contributed by atoms with Crippen molar-refractivity contribution in [1.29, 1.82) is 0 Å². The molecule has 0 radical (unpaired) electrons. The van der Waals surface area contributed by atoms with Crippen LogP contribution in [-0.4, -0.2) is 37.0 Å². The highest BCUT2D eigenvalue weighted by atomic mass is 79.9. The van der Waals surface area contributed by atoms with Crippen LogP contribution in [0.5, 0.6) is 0 Å². The number of sulfonamides is 1. The van der Waals surface area contributed by atoms with Crippen molar-refractivity contribution in [2.75, 3.05) is 18.9 Å². The molecular formula is C13H19BrN2O3S. The molecule has 7 heteroatoms. The third kappa shape index (κ3) is 3.16. The minimum absolute atomic E-state index is 0.0170. The largest absolute Gasteiger partial charge is 0.399 e. The van der Waals surface area contributed by atoms with Gasteiger partial charge in [-0.1, -0.05) is 0 Å². The van der Waals surface area contributed by atoms with Gasteiger partial charge in [0.2, 0.25) is 10.0 Å². The number of rotatable bonds is 5. The average molecular weight is 363 g/mol. The number of aliphatic hydroxyl groups is 1. The summed E-state index contributed by atoms with van der Waals surface area (Å²) >= 11 is 3.28. The molecule has 1 atom stereocenters. The number of hydrogen-bond acceptors (Lipinski definition) is 4. The Kier molecular flexibility index (Phi) is 5.06. The molecular weight excluding hydrogens is 344 g/mol. The number of nitrogens with zero attached hydrogens (tertiary/aromatic N) is 1. The normalized spacial score (nSPS) is 20.4. The molecule has 1 heterocycles. The van der Waals surface area contributed by atoms with E-state index in [1.165, 1.54) is 6.07 Å². The monoisotopic (exact) mass is 362 g/mol. The topological polar surface area (TPSA) is 83.6 Å². The minimum Gasteiger partial charge on any atom is -0.399 e. The van der Waals surface area contributed by atoms with E-state index in [4.69, 9.17) is 10.8 Å². The first-order chi connectivity index (χ1) is 9.46. The second-order valence-electron chi connectivity index (χ2n) is 4.97. The van der Waals surface area contributed by atoms with E-state index in [2.05, 4.69) is 15.9 Å². The highest BCUT2D eigenvalue weighted by Gasteiger charge is 2.35. The van der Waals surface area contributed by atoms with Gasteiger partial charge in [-0.2, -0.15) is 4.31 Å². The highest BCUT2D eigenvalue weighted by molar-refractivity contribution is 9.10. The number of aliphatic hydroxyl groups excluding tert-OH is 1. The molecule has 2 rings (SSSR count). The van der Waals surface area contributed by atoms with Crippen molar-refractivity contribution in [2.24, 2.45) is 0 Å². The number of anilines is 1. The van der Waals surface area contributed by atoms with E-state index in [-0.39, 0.29) is 17.5 Å². The molecule has 0 spiro atoms. The fraction of sp³-hybridized carbons (Fsp3) is 0.538. The molecule has 1 aliphatic rings. The van der Waals surface area contributed by atoms with E-state index in [0.29, 0.717) is 29.5 Å². The Morgan fingerprint density at radius 2 is 2.20 bits per heavy atom. The Labute approximate surface area is 128 Å². The fourth-order valence-electron chi connectivity index (χ4n) is 2.59. The molecule has 3 N–H and O–H groups in total. The summed E-state index contributed by atoms with van der Waals surface area (Å²) in [6.07, 6.45) is 3.04. The van der Waals surface area contributed by atoms with Crippen LogP contribution in [0.25, 0.3) is 0 Å². The lowest BCUT2D eigenvalue weighted by Crippen LogP contribution is -2.35. The lowest BCUT2D eigenvalue weighted by atomic mass is 10.1. The van der Waals surface area contributed by atoms with Gasteiger partial charge in [0.1, 0.15) is 0 Å². The van der Waals surface area contributed by atoms with E-state index in [1.807, 2.05) is 0 Å². The van der Waals surface area contributed by atoms with Crippen LogP contribution >= 0.6 is 15.9 Å². The number of hydrogen-bond donors (Lipinski definition) is 2. The summed E-state index contributed by atoms with van der Waals surface area (Å²) in [7, 11) is -3.52. The SMILES string of the molecule is Nc1ccc(S(=O)(=O)N2CCCC2CCCO)c(Br)c1. The third-order valence-corrected chi connectivity index (χ3v) is 6.49.